The topological polar surface area (TPSA) is 132 Å². The number of rotatable bonds is 14. The van der Waals surface area contributed by atoms with Crippen LogP contribution < -0.4 is 15.5 Å². The number of phenolic OH excluding ortho intramolecular Hbond substituents is 1. The summed E-state index contributed by atoms with van der Waals surface area (Å²) < 4.78 is 68.6. The summed E-state index contributed by atoms with van der Waals surface area (Å²) in [5, 5.41) is 16.9. The number of thiazole rings is 1. The Morgan fingerprint density at radius 1 is 0.875 bits per heavy atom. The van der Waals surface area contributed by atoms with Crippen LogP contribution in [-0.2, 0) is 27.2 Å². The van der Waals surface area contributed by atoms with E-state index in [9.17, 15) is 50.6 Å². The fraction of sp³-hybridized carbons (Fsp3) is 0.533. The third-order valence-corrected chi connectivity index (χ3v) is 9.74. The first-order chi connectivity index (χ1) is 22.6. The van der Waals surface area contributed by atoms with Crippen molar-refractivity contribution >= 4 is 62.0 Å². The first-order valence-corrected chi connectivity index (χ1v) is 17.1. The van der Waals surface area contributed by atoms with Crippen LogP contribution in [0.5, 0.6) is 5.75 Å². The number of benzene rings is 1. The molecule has 48 heavy (non-hydrogen) atoms. The normalized spacial score (nSPS) is 14.1. The number of aromatic nitrogens is 1. The summed E-state index contributed by atoms with van der Waals surface area (Å²) in [6.07, 6.45) is -3.52. The summed E-state index contributed by atoms with van der Waals surface area (Å²) in [4.78, 5) is 50.0. The third-order valence-electron chi connectivity index (χ3n) is 7.49. The number of nitrogens with one attached hydrogen (secondary N) is 3. The first kappa shape index (κ1) is 39.4. The van der Waals surface area contributed by atoms with Crippen molar-refractivity contribution in [2.24, 2.45) is 0 Å². The molecule has 1 amide bonds. The molecule has 0 spiro atoms. The number of amides is 1. The average Bonchev–Trinajstić information content (AvgIpc) is 3.64. The van der Waals surface area contributed by atoms with E-state index in [1.807, 2.05) is 12.1 Å². The number of hydrogen-bond acceptors (Lipinski definition) is 9. The molecule has 0 aliphatic heterocycles. The zero-order valence-electron chi connectivity index (χ0n) is 25.6. The van der Waals surface area contributed by atoms with Crippen LogP contribution in [0.15, 0.2) is 29.1 Å². The van der Waals surface area contributed by atoms with Crippen molar-refractivity contribution in [3.63, 3.8) is 0 Å². The van der Waals surface area contributed by atoms with Gasteiger partial charge in [-0.25, -0.2) is 0 Å². The number of fused-ring (bicyclic) bond motifs is 1. The summed E-state index contributed by atoms with van der Waals surface area (Å²) in [5.74, 6) is -6.48. The van der Waals surface area contributed by atoms with Crippen LogP contribution in [0.1, 0.15) is 49.0 Å². The lowest BCUT2D eigenvalue weighted by molar-refractivity contribution is -0.193. The highest BCUT2D eigenvalue weighted by Crippen LogP contribution is 2.28. The fourth-order valence-electron chi connectivity index (χ4n) is 5.14. The van der Waals surface area contributed by atoms with Gasteiger partial charge in [0, 0.05) is 37.0 Å². The van der Waals surface area contributed by atoms with E-state index in [2.05, 4.69) is 26.6 Å². The second-order valence-corrected chi connectivity index (χ2v) is 13.7. The number of aromatic amines is 1. The number of halogens is 7. The van der Waals surface area contributed by atoms with Gasteiger partial charge in [-0.15, -0.1) is 11.3 Å². The second-order valence-electron chi connectivity index (χ2n) is 11.0. The van der Waals surface area contributed by atoms with Crippen LogP contribution in [0.25, 0.3) is 10.2 Å². The molecular weight excluding hydrogens is 710 g/mol. The lowest BCUT2D eigenvalue weighted by Crippen LogP contribution is -2.45. The van der Waals surface area contributed by atoms with Crippen LogP contribution in [-0.4, -0.2) is 83.6 Å². The molecule has 9 nitrogen and oxygen atoms in total. The van der Waals surface area contributed by atoms with Crippen LogP contribution in [0.2, 0.25) is 4.34 Å². The molecule has 2 aromatic heterocycles. The predicted molar refractivity (Wildman–Crippen MR) is 172 cm³/mol. The summed E-state index contributed by atoms with van der Waals surface area (Å²) in [6.45, 7) is 3.71. The second kappa shape index (κ2) is 18.1. The highest BCUT2D eigenvalue weighted by molar-refractivity contribution is 7.16. The number of H-pyrrole nitrogens is 1. The highest BCUT2D eigenvalue weighted by Gasteiger charge is 2.54. The van der Waals surface area contributed by atoms with E-state index in [-0.39, 0.29) is 16.5 Å². The number of carbonyl (C=O) groups excluding carboxylic acids is 3. The van der Waals surface area contributed by atoms with Crippen molar-refractivity contribution in [1.29, 1.82) is 0 Å². The Kier molecular flexibility index (Phi) is 14.9. The highest BCUT2D eigenvalue weighted by atomic mass is 35.5. The van der Waals surface area contributed by atoms with Gasteiger partial charge in [-0.05, 0) is 62.5 Å². The minimum atomic E-state index is -5.77. The zero-order valence-corrected chi connectivity index (χ0v) is 28.0. The van der Waals surface area contributed by atoms with Gasteiger partial charge in [0.05, 0.1) is 9.04 Å². The number of thiophene rings is 1. The standard InChI is InChI=1S/C26H35ClN4O3S2.C4F6O2/c27-22-9-7-20(35-22)11-14-28-15-12-23(33)31(19-4-2-1-3-5-19)17-16-29-13-10-18-6-8-21(32)24-25(18)36-26(34)30-24;5-3(6,7)1(11)2(12)4(8,9)10/h6-9,19,28-29,32H,1-5,10-17H2,(H,30,34);. The summed E-state index contributed by atoms with van der Waals surface area (Å²) in [5.41, 5.74) is 1.55. The van der Waals surface area contributed by atoms with E-state index in [0.717, 1.165) is 71.3 Å². The molecule has 0 unspecified atom stereocenters. The fourth-order valence-corrected chi connectivity index (χ4v) is 7.12. The molecule has 2 heterocycles. The SMILES string of the molecule is O=C(C(=O)C(F)(F)F)C(F)(F)F.O=C(CCNCCc1ccc(Cl)s1)N(CCNCCc1ccc(O)c2[nH]c(=O)sc12)C1CCCCC1. The molecular formula is C30H35ClF6N4O5S2. The van der Waals surface area contributed by atoms with E-state index in [1.54, 1.807) is 17.4 Å². The van der Waals surface area contributed by atoms with Crippen molar-refractivity contribution in [2.45, 2.75) is 69.8 Å². The van der Waals surface area contributed by atoms with Gasteiger partial charge in [0.15, 0.2) is 0 Å². The van der Waals surface area contributed by atoms with Crippen molar-refractivity contribution in [1.82, 2.24) is 20.5 Å². The number of hydrogen-bond donors (Lipinski definition) is 4. The monoisotopic (exact) mass is 744 g/mol. The number of carbonyl (C=O) groups is 3. The number of Topliss-reactive ketones (excluding diaryl/α,β-unsaturated/α-hetero) is 2. The van der Waals surface area contributed by atoms with Gasteiger partial charge < -0.3 is 25.6 Å². The predicted octanol–water partition coefficient (Wildman–Crippen LogP) is 5.78. The number of phenols is 1. The molecule has 4 N–H and O–H groups in total. The Bertz CT molecular complexity index is 1560. The third kappa shape index (κ3) is 12.2. The number of ketones is 2. The van der Waals surface area contributed by atoms with Gasteiger partial charge in [-0.2, -0.15) is 26.3 Å². The lowest BCUT2D eigenvalue weighted by atomic mass is 9.94. The van der Waals surface area contributed by atoms with Crippen molar-refractivity contribution in [3.8, 4) is 5.75 Å². The molecule has 0 bridgehead atoms. The van der Waals surface area contributed by atoms with Gasteiger partial charge in [-0.1, -0.05) is 48.3 Å². The van der Waals surface area contributed by atoms with Crippen molar-refractivity contribution in [3.05, 3.63) is 48.7 Å². The molecule has 3 aromatic rings. The minimum Gasteiger partial charge on any atom is -0.506 e. The Morgan fingerprint density at radius 3 is 2.10 bits per heavy atom. The largest absolute Gasteiger partial charge is 0.506 e. The molecule has 1 fully saturated rings. The summed E-state index contributed by atoms with van der Waals surface area (Å²) in [7, 11) is 0. The Hall–Kier alpha value is -2.99. The average molecular weight is 745 g/mol. The Morgan fingerprint density at radius 2 is 1.50 bits per heavy atom. The van der Waals surface area contributed by atoms with E-state index >= 15 is 0 Å². The minimum absolute atomic E-state index is 0.104. The van der Waals surface area contributed by atoms with Crippen molar-refractivity contribution < 1.29 is 45.8 Å². The summed E-state index contributed by atoms with van der Waals surface area (Å²) in [6, 6.07) is 7.83. The smallest absolute Gasteiger partial charge is 0.458 e. The van der Waals surface area contributed by atoms with Gasteiger partial charge in [0.1, 0.15) is 11.3 Å². The molecule has 0 radical (unpaired) electrons. The lowest BCUT2D eigenvalue weighted by Gasteiger charge is -2.34. The van der Waals surface area contributed by atoms with Crippen LogP contribution in [0.4, 0.5) is 26.3 Å². The van der Waals surface area contributed by atoms with E-state index < -0.39 is 23.9 Å². The molecule has 0 saturated heterocycles. The number of aromatic hydroxyl groups is 1. The van der Waals surface area contributed by atoms with Crippen LogP contribution in [0, 0.1) is 0 Å². The van der Waals surface area contributed by atoms with Crippen LogP contribution in [0.3, 0.4) is 0 Å². The van der Waals surface area contributed by atoms with Gasteiger partial charge in [-0.3, -0.25) is 19.2 Å². The van der Waals surface area contributed by atoms with Gasteiger partial charge in [0.2, 0.25) is 5.91 Å². The molecule has 1 saturated carbocycles. The Balaban J connectivity index is 0.000000444. The maximum atomic E-state index is 13.1. The molecule has 18 heteroatoms. The zero-order chi connectivity index (χ0) is 35.5. The molecule has 266 valence electrons. The van der Waals surface area contributed by atoms with Crippen LogP contribution >= 0.6 is 34.3 Å². The van der Waals surface area contributed by atoms with E-state index in [0.29, 0.717) is 31.1 Å². The maximum absolute atomic E-state index is 13.1. The van der Waals surface area contributed by atoms with Gasteiger partial charge in [0.25, 0.3) is 0 Å². The number of nitrogens with zero attached hydrogens (tertiary/aromatic N) is 1. The number of alkyl halides is 6. The summed E-state index contributed by atoms with van der Waals surface area (Å²) >= 11 is 8.73. The van der Waals surface area contributed by atoms with E-state index in [4.69, 9.17) is 11.6 Å². The molecule has 1 aliphatic rings. The molecule has 0 atom stereocenters. The molecule has 1 aromatic carbocycles. The van der Waals surface area contributed by atoms with Crippen molar-refractivity contribution in [2.75, 3.05) is 32.7 Å². The maximum Gasteiger partial charge on any atom is 0.458 e. The first-order valence-electron chi connectivity index (χ1n) is 15.1. The molecule has 1 aliphatic carbocycles. The quantitative estimate of drug-likeness (QED) is 0.0936. The Labute approximate surface area is 284 Å². The molecule has 4 rings (SSSR count). The van der Waals surface area contributed by atoms with E-state index in [1.165, 1.54) is 24.1 Å². The van der Waals surface area contributed by atoms with Gasteiger partial charge >= 0.3 is 28.8 Å².